The second kappa shape index (κ2) is 4.97. The number of halogens is 1. The largest absolute Gasteiger partial charge is 0.461 e. The third-order valence-corrected chi connectivity index (χ3v) is 2.46. The molecule has 17 heavy (non-hydrogen) atoms. The Morgan fingerprint density at radius 1 is 1.53 bits per heavy atom. The van der Waals surface area contributed by atoms with Gasteiger partial charge in [-0.2, -0.15) is 5.10 Å². The lowest BCUT2D eigenvalue weighted by Gasteiger charge is -1.98. The van der Waals surface area contributed by atoms with Crippen LogP contribution in [-0.2, 0) is 4.74 Å². The number of hydrogen-bond acceptors (Lipinski definition) is 4. The molecule has 5 nitrogen and oxygen atoms in total. The first kappa shape index (κ1) is 11.6. The molecule has 2 aromatic rings. The lowest BCUT2D eigenvalue weighted by atomic mass is 10.2. The Morgan fingerprint density at radius 3 is 3.00 bits per heavy atom. The maximum atomic E-state index is 11.5. The van der Waals surface area contributed by atoms with Gasteiger partial charge in [0.25, 0.3) is 0 Å². The average molecular weight is 252 g/mol. The third-order valence-electron chi connectivity index (χ3n) is 2.09. The number of rotatable bonds is 3. The molecular weight excluding hydrogens is 242 g/mol. The second-order valence-corrected chi connectivity index (χ2v) is 3.57. The first-order valence-electron chi connectivity index (χ1n) is 5.06. The van der Waals surface area contributed by atoms with Gasteiger partial charge in [0.1, 0.15) is 10.7 Å². The van der Waals surface area contributed by atoms with E-state index in [2.05, 4.69) is 15.2 Å². The minimum absolute atomic E-state index is 0.147. The number of ether oxygens (including phenoxy) is 1. The summed E-state index contributed by atoms with van der Waals surface area (Å²) in [6.07, 6.45) is 1.63. The van der Waals surface area contributed by atoms with Crippen molar-refractivity contribution in [3.63, 3.8) is 0 Å². The van der Waals surface area contributed by atoms with Gasteiger partial charge in [0.15, 0.2) is 5.69 Å². The average Bonchev–Trinajstić information content (AvgIpc) is 2.72. The van der Waals surface area contributed by atoms with Crippen LogP contribution < -0.4 is 0 Å². The zero-order chi connectivity index (χ0) is 12.3. The number of esters is 1. The summed E-state index contributed by atoms with van der Waals surface area (Å²) in [6, 6.07) is 5.37. The molecule has 0 saturated carbocycles. The minimum Gasteiger partial charge on any atom is -0.461 e. The molecule has 0 bridgehead atoms. The molecule has 1 N–H and O–H groups in total. The molecule has 2 heterocycles. The summed E-state index contributed by atoms with van der Waals surface area (Å²) in [4.78, 5) is 15.6. The van der Waals surface area contributed by atoms with Crippen LogP contribution in [0.5, 0.6) is 0 Å². The number of aromatic nitrogens is 3. The van der Waals surface area contributed by atoms with Gasteiger partial charge in [-0.15, -0.1) is 0 Å². The molecule has 0 unspecified atom stereocenters. The fourth-order valence-corrected chi connectivity index (χ4v) is 1.60. The van der Waals surface area contributed by atoms with E-state index in [0.29, 0.717) is 11.4 Å². The Bertz CT molecular complexity index is 525. The van der Waals surface area contributed by atoms with Crippen molar-refractivity contribution in [2.75, 3.05) is 6.61 Å². The first-order chi connectivity index (χ1) is 8.24. The fraction of sp³-hybridized carbons (Fsp3) is 0.182. The van der Waals surface area contributed by atoms with E-state index < -0.39 is 5.97 Å². The third kappa shape index (κ3) is 2.29. The van der Waals surface area contributed by atoms with Crippen LogP contribution in [-0.4, -0.2) is 27.8 Å². The van der Waals surface area contributed by atoms with Crippen molar-refractivity contribution in [1.82, 2.24) is 15.2 Å². The molecule has 0 aromatic carbocycles. The number of carbonyl (C=O) groups excluding carboxylic acids is 1. The number of nitrogens with one attached hydrogen (secondary N) is 1. The van der Waals surface area contributed by atoms with Gasteiger partial charge in [0.2, 0.25) is 0 Å². The Morgan fingerprint density at radius 2 is 2.35 bits per heavy atom. The van der Waals surface area contributed by atoms with Crippen LogP contribution in [0.15, 0.2) is 24.4 Å². The molecule has 0 aliphatic heterocycles. The van der Waals surface area contributed by atoms with E-state index in [1.807, 2.05) is 6.07 Å². The van der Waals surface area contributed by atoms with E-state index in [0.717, 1.165) is 0 Å². The molecule has 0 amide bonds. The van der Waals surface area contributed by atoms with Gasteiger partial charge < -0.3 is 4.74 Å². The minimum atomic E-state index is -0.521. The highest BCUT2D eigenvalue weighted by molar-refractivity contribution is 6.35. The number of aromatic amines is 1. The summed E-state index contributed by atoms with van der Waals surface area (Å²) in [6.45, 7) is 2.01. The predicted octanol–water partition coefficient (Wildman–Crippen LogP) is 2.30. The van der Waals surface area contributed by atoms with Crippen LogP contribution in [0.2, 0.25) is 5.02 Å². The lowest BCUT2D eigenvalue weighted by molar-refractivity contribution is 0.0519. The Balaban J connectivity index is 2.37. The second-order valence-electron chi connectivity index (χ2n) is 3.20. The highest BCUT2D eigenvalue weighted by Gasteiger charge is 2.19. The fourth-order valence-electron chi connectivity index (χ4n) is 1.34. The molecule has 0 saturated heterocycles. The van der Waals surface area contributed by atoms with Gasteiger partial charge in [0, 0.05) is 6.20 Å². The summed E-state index contributed by atoms with van der Waals surface area (Å²) in [5.41, 5.74) is 1.19. The van der Waals surface area contributed by atoms with Gasteiger partial charge >= 0.3 is 5.97 Å². The van der Waals surface area contributed by atoms with Gasteiger partial charge in [-0.3, -0.25) is 10.1 Å². The summed E-state index contributed by atoms with van der Waals surface area (Å²) in [5.74, 6) is -0.521. The van der Waals surface area contributed by atoms with Crippen LogP contribution in [0.3, 0.4) is 0 Å². The molecule has 0 spiro atoms. The first-order valence-corrected chi connectivity index (χ1v) is 5.44. The molecular formula is C11H10ClN3O2. The summed E-state index contributed by atoms with van der Waals surface area (Å²) in [5, 5.41) is 6.75. The van der Waals surface area contributed by atoms with Gasteiger partial charge in [0.05, 0.1) is 12.3 Å². The number of carbonyl (C=O) groups is 1. The quantitative estimate of drug-likeness (QED) is 0.850. The van der Waals surface area contributed by atoms with Crippen LogP contribution in [0.25, 0.3) is 11.4 Å². The highest BCUT2D eigenvalue weighted by atomic mass is 35.5. The smallest absolute Gasteiger partial charge is 0.357 e. The molecule has 0 radical (unpaired) electrons. The topological polar surface area (TPSA) is 67.9 Å². The van der Waals surface area contributed by atoms with Crippen molar-refractivity contribution in [3.8, 4) is 11.4 Å². The van der Waals surface area contributed by atoms with Gasteiger partial charge in [-0.05, 0) is 19.1 Å². The van der Waals surface area contributed by atoms with E-state index in [4.69, 9.17) is 16.3 Å². The van der Waals surface area contributed by atoms with E-state index in [1.165, 1.54) is 0 Å². The number of H-pyrrole nitrogens is 1. The zero-order valence-electron chi connectivity index (χ0n) is 9.11. The number of pyridine rings is 1. The predicted molar refractivity (Wildman–Crippen MR) is 62.8 cm³/mol. The molecule has 0 aliphatic carbocycles. The van der Waals surface area contributed by atoms with E-state index in [9.17, 15) is 4.79 Å². The van der Waals surface area contributed by atoms with E-state index >= 15 is 0 Å². The molecule has 6 heteroatoms. The van der Waals surface area contributed by atoms with Gasteiger partial charge in [-0.1, -0.05) is 17.7 Å². The molecule has 2 rings (SSSR count). The molecule has 88 valence electrons. The normalized spacial score (nSPS) is 10.2. The summed E-state index contributed by atoms with van der Waals surface area (Å²) in [7, 11) is 0. The highest BCUT2D eigenvalue weighted by Crippen LogP contribution is 2.27. The zero-order valence-corrected chi connectivity index (χ0v) is 9.86. The maximum absolute atomic E-state index is 11.5. The van der Waals surface area contributed by atoms with Crippen LogP contribution >= 0.6 is 11.6 Å². The van der Waals surface area contributed by atoms with Gasteiger partial charge in [-0.25, -0.2) is 4.79 Å². The molecule has 0 aliphatic rings. The Labute approximate surface area is 103 Å². The van der Waals surface area contributed by atoms with Crippen LogP contribution in [0.1, 0.15) is 17.4 Å². The Hall–Kier alpha value is -1.88. The van der Waals surface area contributed by atoms with Crippen molar-refractivity contribution in [2.45, 2.75) is 6.92 Å². The maximum Gasteiger partial charge on any atom is 0.357 e. The van der Waals surface area contributed by atoms with Crippen LogP contribution in [0, 0.1) is 0 Å². The van der Waals surface area contributed by atoms with Crippen molar-refractivity contribution in [1.29, 1.82) is 0 Å². The summed E-state index contributed by atoms with van der Waals surface area (Å²) >= 11 is 6.05. The number of hydrogen-bond donors (Lipinski definition) is 1. The molecule has 0 fully saturated rings. The van der Waals surface area contributed by atoms with E-state index in [1.54, 1.807) is 25.3 Å². The van der Waals surface area contributed by atoms with Crippen molar-refractivity contribution in [3.05, 3.63) is 35.1 Å². The number of nitrogens with zero attached hydrogens (tertiary/aromatic N) is 2. The standard InChI is InChI=1S/C11H10ClN3O2/c1-2-17-11(16)10-8(12)9(14-15-10)7-5-3-4-6-13-7/h3-6H,2H2,1H3,(H,14,15). The van der Waals surface area contributed by atoms with E-state index in [-0.39, 0.29) is 17.3 Å². The van der Waals surface area contributed by atoms with Crippen molar-refractivity contribution in [2.24, 2.45) is 0 Å². The molecule has 0 atom stereocenters. The monoisotopic (exact) mass is 251 g/mol. The Kier molecular flexibility index (Phi) is 3.39. The SMILES string of the molecule is CCOC(=O)c1[nH]nc(-c2ccccn2)c1Cl. The lowest BCUT2D eigenvalue weighted by Crippen LogP contribution is -2.05. The van der Waals surface area contributed by atoms with Crippen molar-refractivity contribution < 1.29 is 9.53 Å². The summed E-state index contributed by atoms with van der Waals surface area (Å²) < 4.78 is 4.84. The molecule has 2 aromatic heterocycles. The van der Waals surface area contributed by atoms with Crippen LogP contribution in [0.4, 0.5) is 0 Å². The van der Waals surface area contributed by atoms with Crippen molar-refractivity contribution >= 4 is 17.6 Å².